The predicted octanol–water partition coefficient (Wildman–Crippen LogP) is 1.69. The molecule has 0 spiro atoms. The highest BCUT2D eigenvalue weighted by Gasteiger charge is 2.39. The first-order chi connectivity index (χ1) is 5.11. The Hall–Kier alpha value is 0.210. The number of hydrogen-bond donors (Lipinski definition) is 1. The number of rotatable bonds is 1. The van der Waals surface area contributed by atoms with Crippen LogP contribution in [0.25, 0.3) is 0 Å². The molecular formula is C9H20ClNO. The lowest BCUT2D eigenvalue weighted by atomic mass is 9.77. The van der Waals surface area contributed by atoms with Crippen molar-refractivity contribution in [1.29, 1.82) is 0 Å². The molecule has 1 aliphatic rings. The van der Waals surface area contributed by atoms with Gasteiger partial charge in [-0.05, 0) is 18.8 Å². The molecular weight excluding hydrogens is 174 g/mol. The Balaban J connectivity index is 0.00000121. The molecule has 74 valence electrons. The summed E-state index contributed by atoms with van der Waals surface area (Å²) in [6.45, 7) is 8.85. The van der Waals surface area contributed by atoms with Crippen molar-refractivity contribution < 1.29 is 4.74 Å². The topological polar surface area (TPSA) is 21.3 Å². The molecule has 0 radical (unpaired) electrons. The van der Waals surface area contributed by atoms with Gasteiger partial charge in [0, 0.05) is 20.2 Å². The Morgan fingerprint density at radius 2 is 1.67 bits per heavy atom. The largest absolute Gasteiger partial charge is 0.378 e. The Morgan fingerprint density at radius 3 is 1.92 bits per heavy atom. The van der Waals surface area contributed by atoms with Crippen molar-refractivity contribution in [2.45, 2.75) is 26.4 Å². The van der Waals surface area contributed by atoms with Crippen LogP contribution in [0.1, 0.15) is 20.8 Å². The van der Waals surface area contributed by atoms with Gasteiger partial charge in [-0.3, -0.25) is 0 Å². The molecule has 0 aliphatic carbocycles. The Bertz CT molecular complexity index is 130. The van der Waals surface area contributed by atoms with Crippen LogP contribution in [-0.4, -0.2) is 25.8 Å². The number of ether oxygens (including phenoxy) is 1. The number of methoxy groups -OCH3 is 1. The molecule has 3 heteroatoms. The van der Waals surface area contributed by atoms with Crippen molar-refractivity contribution in [3.8, 4) is 0 Å². The predicted molar refractivity (Wildman–Crippen MR) is 53.9 cm³/mol. The zero-order chi connectivity index (χ0) is 8.48. The van der Waals surface area contributed by atoms with Crippen LogP contribution in [0.15, 0.2) is 0 Å². The van der Waals surface area contributed by atoms with Gasteiger partial charge in [0.15, 0.2) is 0 Å². The SMILES string of the molecule is COC1(C)[C@H](C)CNC[C@@H]1C.Cl. The van der Waals surface area contributed by atoms with Crippen LogP contribution in [0.3, 0.4) is 0 Å². The van der Waals surface area contributed by atoms with E-state index < -0.39 is 0 Å². The van der Waals surface area contributed by atoms with Gasteiger partial charge >= 0.3 is 0 Å². The molecule has 1 N–H and O–H groups in total. The third-order valence-electron chi connectivity index (χ3n) is 3.30. The van der Waals surface area contributed by atoms with E-state index in [1.807, 2.05) is 7.11 Å². The quantitative estimate of drug-likeness (QED) is 0.685. The van der Waals surface area contributed by atoms with E-state index in [4.69, 9.17) is 4.74 Å². The minimum atomic E-state index is 0. The van der Waals surface area contributed by atoms with Gasteiger partial charge in [0.05, 0.1) is 5.60 Å². The molecule has 0 aromatic carbocycles. The van der Waals surface area contributed by atoms with Crippen molar-refractivity contribution in [1.82, 2.24) is 5.32 Å². The van der Waals surface area contributed by atoms with Crippen molar-refractivity contribution in [2.75, 3.05) is 20.2 Å². The third-order valence-corrected chi connectivity index (χ3v) is 3.30. The Morgan fingerprint density at radius 1 is 1.25 bits per heavy atom. The number of halogens is 1. The van der Waals surface area contributed by atoms with Crippen LogP contribution in [0.5, 0.6) is 0 Å². The lowest BCUT2D eigenvalue weighted by Gasteiger charge is -2.44. The molecule has 0 aromatic heterocycles. The average molecular weight is 194 g/mol. The second kappa shape index (κ2) is 4.45. The van der Waals surface area contributed by atoms with E-state index in [2.05, 4.69) is 26.1 Å². The fraction of sp³-hybridized carbons (Fsp3) is 1.00. The molecule has 0 bridgehead atoms. The standard InChI is InChI=1S/C9H19NO.ClH/c1-7-5-10-6-8(2)9(7,3)11-4;/h7-8,10H,5-6H2,1-4H3;1H/t7-,8+,9?;. The van der Waals surface area contributed by atoms with Gasteiger partial charge in [0.25, 0.3) is 0 Å². The molecule has 1 heterocycles. The first kappa shape index (κ1) is 12.2. The van der Waals surface area contributed by atoms with E-state index >= 15 is 0 Å². The van der Waals surface area contributed by atoms with Gasteiger partial charge in [-0.2, -0.15) is 0 Å². The summed E-state index contributed by atoms with van der Waals surface area (Å²) in [6, 6.07) is 0. The molecule has 1 unspecified atom stereocenters. The summed E-state index contributed by atoms with van der Waals surface area (Å²) in [5, 5.41) is 3.39. The Kier molecular flexibility index (Phi) is 4.53. The van der Waals surface area contributed by atoms with E-state index in [-0.39, 0.29) is 18.0 Å². The van der Waals surface area contributed by atoms with Crippen LogP contribution >= 0.6 is 12.4 Å². The van der Waals surface area contributed by atoms with Crippen LogP contribution in [0, 0.1) is 11.8 Å². The van der Waals surface area contributed by atoms with E-state index in [1.54, 1.807) is 0 Å². The van der Waals surface area contributed by atoms with Crippen LogP contribution in [0.2, 0.25) is 0 Å². The second-order valence-electron chi connectivity index (χ2n) is 3.85. The summed E-state index contributed by atoms with van der Waals surface area (Å²) in [5.41, 5.74) is 0.0747. The maximum absolute atomic E-state index is 5.56. The summed E-state index contributed by atoms with van der Waals surface area (Å²) in [6.07, 6.45) is 0. The minimum Gasteiger partial charge on any atom is -0.378 e. The smallest absolute Gasteiger partial charge is 0.0725 e. The molecule has 2 nitrogen and oxygen atoms in total. The van der Waals surface area contributed by atoms with E-state index in [0.29, 0.717) is 11.8 Å². The monoisotopic (exact) mass is 193 g/mol. The molecule has 0 amide bonds. The number of piperidine rings is 1. The number of hydrogen-bond acceptors (Lipinski definition) is 2. The average Bonchev–Trinajstić information content (AvgIpc) is 2.00. The molecule has 1 rings (SSSR count). The van der Waals surface area contributed by atoms with Gasteiger partial charge in [-0.1, -0.05) is 13.8 Å². The highest BCUT2D eigenvalue weighted by Crippen LogP contribution is 2.31. The lowest BCUT2D eigenvalue weighted by Crippen LogP contribution is -2.54. The summed E-state index contributed by atoms with van der Waals surface area (Å²) >= 11 is 0. The van der Waals surface area contributed by atoms with Crippen molar-refractivity contribution in [3.63, 3.8) is 0 Å². The maximum atomic E-state index is 5.56. The summed E-state index contributed by atoms with van der Waals surface area (Å²) in [7, 11) is 1.82. The first-order valence-electron chi connectivity index (χ1n) is 4.37. The molecule has 0 saturated carbocycles. The van der Waals surface area contributed by atoms with Crippen molar-refractivity contribution in [2.24, 2.45) is 11.8 Å². The van der Waals surface area contributed by atoms with Gasteiger partial charge in [0.2, 0.25) is 0 Å². The van der Waals surface area contributed by atoms with E-state index in [9.17, 15) is 0 Å². The van der Waals surface area contributed by atoms with Gasteiger partial charge in [-0.25, -0.2) is 0 Å². The first-order valence-corrected chi connectivity index (χ1v) is 4.37. The lowest BCUT2D eigenvalue weighted by molar-refractivity contribution is -0.0910. The van der Waals surface area contributed by atoms with Gasteiger partial charge < -0.3 is 10.1 Å². The molecule has 1 fully saturated rings. The van der Waals surface area contributed by atoms with Crippen molar-refractivity contribution in [3.05, 3.63) is 0 Å². The van der Waals surface area contributed by atoms with E-state index in [1.165, 1.54) is 0 Å². The van der Waals surface area contributed by atoms with Crippen molar-refractivity contribution >= 4 is 12.4 Å². The fourth-order valence-electron chi connectivity index (χ4n) is 1.81. The zero-order valence-corrected chi connectivity index (χ0v) is 9.20. The highest BCUT2D eigenvalue weighted by atomic mass is 35.5. The third kappa shape index (κ3) is 1.93. The number of nitrogens with one attached hydrogen (secondary N) is 1. The minimum absolute atomic E-state index is 0. The van der Waals surface area contributed by atoms with E-state index in [0.717, 1.165) is 13.1 Å². The summed E-state index contributed by atoms with van der Waals surface area (Å²) in [5.74, 6) is 1.22. The van der Waals surface area contributed by atoms with Crippen LogP contribution in [-0.2, 0) is 4.74 Å². The second-order valence-corrected chi connectivity index (χ2v) is 3.85. The molecule has 1 aliphatic heterocycles. The maximum Gasteiger partial charge on any atom is 0.0725 e. The van der Waals surface area contributed by atoms with Crippen LogP contribution < -0.4 is 5.32 Å². The molecule has 1 saturated heterocycles. The zero-order valence-electron chi connectivity index (χ0n) is 8.39. The molecule has 3 atom stereocenters. The summed E-state index contributed by atoms with van der Waals surface area (Å²) in [4.78, 5) is 0. The molecule has 0 aromatic rings. The molecule has 12 heavy (non-hydrogen) atoms. The van der Waals surface area contributed by atoms with Gasteiger partial charge in [-0.15, -0.1) is 12.4 Å². The summed E-state index contributed by atoms with van der Waals surface area (Å²) < 4.78 is 5.56. The van der Waals surface area contributed by atoms with Crippen LogP contribution in [0.4, 0.5) is 0 Å². The highest BCUT2D eigenvalue weighted by molar-refractivity contribution is 5.85. The fourth-order valence-corrected chi connectivity index (χ4v) is 1.81. The Labute approximate surface area is 81.5 Å². The van der Waals surface area contributed by atoms with Gasteiger partial charge in [0.1, 0.15) is 0 Å². The normalized spacial score (nSPS) is 42.0.